The quantitative estimate of drug-likeness (QED) is 0.618. The summed E-state index contributed by atoms with van der Waals surface area (Å²) in [5, 5.41) is 0. The van der Waals surface area contributed by atoms with E-state index in [1.54, 1.807) is 0 Å². The molecule has 1 saturated heterocycles. The van der Waals surface area contributed by atoms with Crippen LogP contribution in [0.15, 0.2) is 0 Å². The van der Waals surface area contributed by atoms with E-state index >= 15 is 0 Å². The summed E-state index contributed by atoms with van der Waals surface area (Å²) in [6, 6.07) is 0. The number of carbonyl (C=O) groups excluding carboxylic acids is 1. The molecule has 3 nitrogen and oxygen atoms in total. The van der Waals surface area contributed by atoms with Gasteiger partial charge < -0.3 is 9.64 Å². The number of likely N-dealkylation sites (tertiary alicyclic amines) is 1. The van der Waals surface area contributed by atoms with Crippen LogP contribution in [0.2, 0.25) is 0 Å². The predicted molar refractivity (Wildman–Crippen MR) is 51.5 cm³/mol. The van der Waals surface area contributed by atoms with Gasteiger partial charge in [-0.1, -0.05) is 6.92 Å². The third-order valence-corrected chi connectivity index (χ3v) is 2.42. The van der Waals surface area contributed by atoms with Gasteiger partial charge in [0, 0.05) is 6.54 Å². The Morgan fingerprint density at radius 3 is 2.62 bits per heavy atom. The van der Waals surface area contributed by atoms with Crippen molar-refractivity contribution >= 4 is 5.97 Å². The normalized spacial score (nSPS) is 20.2. The van der Waals surface area contributed by atoms with Crippen molar-refractivity contribution < 1.29 is 9.53 Å². The molecular formula is C10H19NO2. The predicted octanol–water partition coefficient (Wildman–Crippen LogP) is 1.28. The zero-order valence-electron chi connectivity index (χ0n) is 8.58. The second-order valence-electron chi connectivity index (χ2n) is 3.66. The van der Waals surface area contributed by atoms with Gasteiger partial charge in [0.05, 0.1) is 12.5 Å². The largest absolute Gasteiger partial charge is 0.466 e. The molecule has 13 heavy (non-hydrogen) atoms. The van der Waals surface area contributed by atoms with Gasteiger partial charge in [-0.2, -0.15) is 0 Å². The van der Waals surface area contributed by atoms with Gasteiger partial charge in [0.25, 0.3) is 0 Å². The average Bonchev–Trinajstić information content (AvgIpc) is 2.57. The van der Waals surface area contributed by atoms with E-state index in [0.717, 1.165) is 19.6 Å². The van der Waals surface area contributed by atoms with Gasteiger partial charge >= 0.3 is 5.97 Å². The van der Waals surface area contributed by atoms with E-state index in [1.807, 2.05) is 13.8 Å². The Bertz CT molecular complexity index is 164. The summed E-state index contributed by atoms with van der Waals surface area (Å²) in [6.07, 6.45) is 2.55. The van der Waals surface area contributed by atoms with Gasteiger partial charge in [-0.3, -0.25) is 4.79 Å². The fourth-order valence-electron chi connectivity index (χ4n) is 1.71. The number of ether oxygens (including phenoxy) is 1. The molecule has 0 N–H and O–H groups in total. The molecule has 0 bridgehead atoms. The minimum atomic E-state index is -0.0607. The molecule has 76 valence electrons. The molecule has 0 aromatic heterocycles. The molecule has 0 amide bonds. The highest BCUT2D eigenvalue weighted by molar-refractivity contribution is 5.72. The molecule has 0 aliphatic carbocycles. The van der Waals surface area contributed by atoms with Crippen LogP contribution in [0.25, 0.3) is 0 Å². The fraction of sp³-hybridized carbons (Fsp3) is 0.900. The Labute approximate surface area is 80.1 Å². The van der Waals surface area contributed by atoms with Gasteiger partial charge in [0.1, 0.15) is 0 Å². The molecular weight excluding hydrogens is 166 g/mol. The highest BCUT2D eigenvalue weighted by atomic mass is 16.5. The van der Waals surface area contributed by atoms with E-state index in [2.05, 4.69) is 4.90 Å². The SMILES string of the molecule is CCOC(=O)C(C)CN1CCCC1. The van der Waals surface area contributed by atoms with Crippen molar-refractivity contribution in [2.24, 2.45) is 5.92 Å². The maximum absolute atomic E-state index is 11.3. The summed E-state index contributed by atoms with van der Waals surface area (Å²) in [6.45, 7) is 7.42. The van der Waals surface area contributed by atoms with Crippen molar-refractivity contribution in [3.05, 3.63) is 0 Å². The zero-order chi connectivity index (χ0) is 9.68. The highest BCUT2D eigenvalue weighted by Crippen LogP contribution is 2.10. The van der Waals surface area contributed by atoms with Gasteiger partial charge in [-0.25, -0.2) is 0 Å². The smallest absolute Gasteiger partial charge is 0.309 e. The third kappa shape index (κ3) is 3.35. The standard InChI is InChI=1S/C10H19NO2/c1-3-13-10(12)9(2)8-11-6-4-5-7-11/h9H,3-8H2,1-2H3. The van der Waals surface area contributed by atoms with Crippen LogP contribution in [0.3, 0.4) is 0 Å². The van der Waals surface area contributed by atoms with Crippen molar-refractivity contribution in [1.82, 2.24) is 4.90 Å². The Morgan fingerprint density at radius 2 is 2.08 bits per heavy atom. The maximum atomic E-state index is 11.3. The van der Waals surface area contributed by atoms with Crippen LogP contribution in [0.5, 0.6) is 0 Å². The van der Waals surface area contributed by atoms with E-state index in [4.69, 9.17) is 4.74 Å². The molecule has 3 heteroatoms. The summed E-state index contributed by atoms with van der Waals surface area (Å²) in [4.78, 5) is 13.6. The van der Waals surface area contributed by atoms with Crippen LogP contribution >= 0.6 is 0 Å². The lowest BCUT2D eigenvalue weighted by molar-refractivity contribution is -0.147. The molecule has 1 rings (SSSR count). The van der Waals surface area contributed by atoms with Crippen LogP contribution in [-0.4, -0.2) is 37.1 Å². The summed E-state index contributed by atoms with van der Waals surface area (Å²) in [5.74, 6) is -0.0348. The lowest BCUT2D eigenvalue weighted by Gasteiger charge is -2.18. The zero-order valence-corrected chi connectivity index (χ0v) is 8.58. The lowest BCUT2D eigenvalue weighted by Crippen LogP contribution is -2.30. The van der Waals surface area contributed by atoms with Crippen molar-refractivity contribution in [3.8, 4) is 0 Å². The molecule has 1 unspecified atom stereocenters. The summed E-state index contributed by atoms with van der Waals surface area (Å²) < 4.78 is 4.95. The number of hydrogen-bond donors (Lipinski definition) is 0. The molecule has 0 saturated carbocycles. The van der Waals surface area contributed by atoms with E-state index in [1.165, 1.54) is 12.8 Å². The summed E-state index contributed by atoms with van der Waals surface area (Å²) in [7, 11) is 0. The number of carbonyl (C=O) groups is 1. The first kappa shape index (κ1) is 10.5. The molecule has 0 radical (unpaired) electrons. The first-order valence-electron chi connectivity index (χ1n) is 5.13. The maximum Gasteiger partial charge on any atom is 0.309 e. The minimum absolute atomic E-state index is 0.0260. The molecule has 1 atom stereocenters. The monoisotopic (exact) mass is 185 g/mol. The highest BCUT2D eigenvalue weighted by Gasteiger charge is 2.19. The summed E-state index contributed by atoms with van der Waals surface area (Å²) in [5.41, 5.74) is 0. The van der Waals surface area contributed by atoms with Crippen LogP contribution in [0, 0.1) is 5.92 Å². The van der Waals surface area contributed by atoms with Gasteiger partial charge in [0.2, 0.25) is 0 Å². The Balaban J connectivity index is 2.22. The van der Waals surface area contributed by atoms with Crippen molar-refractivity contribution in [2.75, 3.05) is 26.2 Å². The van der Waals surface area contributed by atoms with Gasteiger partial charge in [-0.15, -0.1) is 0 Å². The van der Waals surface area contributed by atoms with E-state index in [-0.39, 0.29) is 11.9 Å². The second-order valence-corrected chi connectivity index (χ2v) is 3.66. The number of hydrogen-bond acceptors (Lipinski definition) is 3. The lowest BCUT2D eigenvalue weighted by atomic mass is 10.2. The van der Waals surface area contributed by atoms with Crippen LogP contribution in [-0.2, 0) is 9.53 Å². The Kier molecular flexibility index (Phi) is 4.22. The second kappa shape index (κ2) is 5.22. The van der Waals surface area contributed by atoms with E-state index in [0.29, 0.717) is 6.61 Å². The molecule has 1 heterocycles. The van der Waals surface area contributed by atoms with Crippen molar-refractivity contribution in [2.45, 2.75) is 26.7 Å². The third-order valence-electron chi connectivity index (χ3n) is 2.42. The number of esters is 1. The van der Waals surface area contributed by atoms with Crippen LogP contribution in [0.1, 0.15) is 26.7 Å². The van der Waals surface area contributed by atoms with Crippen molar-refractivity contribution in [3.63, 3.8) is 0 Å². The van der Waals surface area contributed by atoms with Crippen LogP contribution < -0.4 is 0 Å². The molecule has 0 aromatic carbocycles. The minimum Gasteiger partial charge on any atom is -0.466 e. The van der Waals surface area contributed by atoms with Gasteiger partial charge in [0.15, 0.2) is 0 Å². The number of nitrogens with zero attached hydrogens (tertiary/aromatic N) is 1. The first-order valence-corrected chi connectivity index (χ1v) is 5.13. The van der Waals surface area contributed by atoms with E-state index < -0.39 is 0 Å². The Morgan fingerprint density at radius 1 is 1.46 bits per heavy atom. The average molecular weight is 185 g/mol. The van der Waals surface area contributed by atoms with Crippen molar-refractivity contribution in [1.29, 1.82) is 0 Å². The van der Waals surface area contributed by atoms with Gasteiger partial charge in [-0.05, 0) is 32.9 Å². The topological polar surface area (TPSA) is 29.5 Å². The first-order chi connectivity index (χ1) is 6.24. The molecule has 1 fully saturated rings. The molecule has 1 aliphatic rings. The fourth-order valence-corrected chi connectivity index (χ4v) is 1.71. The molecule has 1 aliphatic heterocycles. The molecule has 0 spiro atoms. The number of rotatable bonds is 4. The Hall–Kier alpha value is -0.570. The van der Waals surface area contributed by atoms with E-state index in [9.17, 15) is 4.79 Å². The molecule has 0 aromatic rings. The van der Waals surface area contributed by atoms with Crippen LogP contribution in [0.4, 0.5) is 0 Å². The summed E-state index contributed by atoms with van der Waals surface area (Å²) >= 11 is 0.